The summed E-state index contributed by atoms with van der Waals surface area (Å²) in [6, 6.07) is 53.5. The van der Waals surface area contributed by atoms with Gasteiger partial charge in [0.1, 0.15) is 12.1 Å². The van der Waals surface area contributed by atoms with Crippen molar-refractivity contribution in [3.8, 4) is 91.0 Å². The van der Waals surface area contributed by atoms with Crippen molar-refractivity contribution in [2.45, 2.75) is 27.7 Å². The monoisotopic (exact) mass is 784 g/mol. The molecule has 10 aromatic rings. The molecule has 284 valence electrons. The second-order valence-corrected chi connectivity index (χ2v) is 16.9. The molecule has 12 rings (SSSR count). The lowest BCUT2D eigenvalue weighted by Gasteiger charge is -2.21. The van der Waals surface area contributed by atoms with Crippen LogP contribution in [0.4, 0.5) is 0 Å². The smallest absolute Gasteiger partial charge is 0.100 e. The summed E-state index contributed by atoms with van der Waals surface area (Å²) in [5.74, 6) is 0. The minimum atomic E-state index is 0.491. The molecule has 0 aromatic heterocycles. The molecule has 10 aromatic carbocycles. The summed E-state index contributed by atoms with van der Waals surface area (Å²) in [4.78, 5) is 0. The van der Waals surface area contributed by atoms with E-state index in [1.165, 1.54) is 43.8 Å². The van der Waals surface area contributed by atoms with Crippen LogP contribution in [-0.2, 0) is 0 Å². The highest BCUT2D eigenvalue weighted by Crippen LogP contribution is 2.54. The van der Waals surface area contributed by atoms with Gasteiger partial charge in [0, 0.05) is 11.1 Å². The van der Waals surface area contributed by atoms with Crippen LogP contribution in [-0.4, -0.2) is 0 Å². The van der Waals surface area contributed by atoms with Gasteiger partial charge in [0.25, 0.3) is 0 Å². The zero-order valence-electron chi connectivity index (χ0n) is 34.3. The van der Waals surface area contributed by atoms with Gasteiger partial charge in [-0.3, -0.25) is 0 Å². The van der Waals surface area contributed by atoms with E-state index in [9.17, 15) is 21.0 Å². The van der Waals surface area contributed by atoms with Crippen LogP contribution in [0.3, 0.4) is 0 Å². The van der Waals surface area contributed by atoms with Crippen LogP contribution in [0.15, 0.2) is 121 Å². The first-order valence-electron chi connectivity index (χ1n) is 20.7. The third kappa shape index (κ3) is 4.46. The highest BCUT2D eigenvalue weighted by atomic mass is 14.3. The van der Waals surface area contributed by atoms with E-state index in [0.717, 1.165) is 88.0 Å². The third-order valence-electron chi connectivity index (χ3n) is 13.9. The summed E-state index contributed by atoms with van der Waals surface area (Å²) in [6.45, 7) is 7.66. The molecule has 0 saturated carbocycles. The summed E-state index contributed by atoms with van der Waals surface area (Å²) in [7, 11) is 0. The zero-order chi connectivity index (χ0) is 42.3. The molecule has 0 atom stereocenters. The number of hydrogen-bond donors (Lipinski definition) is 0. The lowest BCUT2D eigenvalue weighted by Crippen LogP contribution is -1.99. The molecule has 2 aliphatic rings. The fraction of sp³-hybridized carbons (Fsp3) is 0.0690. The van der Waals surface area contributed by atoms with Crippen molar-refractivity contribution in [2.75, 3.05) is 0 Å². The van der Waals surface area contributed by atoms with E-state index in [2.05, 4.69) is 133 Å². The minimum absolute atomic E-state index is 0.491. The summed E-state index contributed by atoms with van der Waals surface area (Å²) in [5.41, 5.74) is 17.8. The zero-order valence-corrected chi connectivity index (χ0v) is 34.3. The van der Waals surface area contributed by atoms with Crippen molar-refractivity contribution in [3.63, 3.8) is 0 Å². The van der Waals surface area contributed by atoms with Crippen molar-refractivity contribution in [1.82, 2.24) is 0 Å². The SMILES string of the molecule is Cc1cc(-c2cc3c4cc5c(cc4c(-c4cc(C)c(C#N)c(C)c4C#N)cc3c3cc4c(cc23)-c2cccc3cccc-4c23)-c2cccc3cccc-5c23)c(C#N)c(C)c1C#N. The van der Waals surface area contributed by atoms with Gasteiger partial charge in [-0.25, -0.2) is 0 Å². The average Bonchev–Trinajstić information content (AvgIpc) is 3.78. The van der Waals surface area contributed by atoms with Gasteiger partial charge < -0.3 is 0 Å². The van der Waals surface area contributed by atoms with Crippen molar-refractivity contribution in [3.05, 3.63) is 166 Å². The van der Waals surface area contributed by atoms with Gasteiger partial charge in [0.15, 0.2) is 0 Å². The predicted octanol–water partition coefficient (Wildman–Crippen LogP) is 14.8. The number of nitrogens with zero attached hydrogens (tertiary/aromatic N) is 4. The molecule has 0 unspecified atom stereocenters. The van der Waals surface area contributed by atoms with E-state index in [1.54, 1.807) is 0 Å². The topological polar surface area (TPSA) is 95.2 Å². The molecule has 0 aliphatic heterocycles. The second-order valence-electron chi connectivity index (χ2n) is 16.9. The second kappa shape index (κ2) is 12.5. The Morgan fingerprint density at radius 3 is 0.903 bits per heavy atom. The van der Waals surface area contributed by atoms with Crippen LogP contribution in [0.5, 0.6) is 0 Å². The molecule has 4 heteroatoms. The Kier molecular flexibility index (Phi) is 7.13. The minimum Gasteiger partial charge on any atom is -0.192 e. The number of hydrogen-bond acceptors (Lipinski definition) is 4. The summed E-state index contributed by atoms with van der Waals surface area (Å²) < 4.78 is 0. The lowest BCUT2D eigenvalue weighted by atomic mass is 9.81. The first-order valence-corrected chi connectivity index (χ1v) is 20.7. The van der Waals surface area contributed by atoms with Crippen molar-refractivity contribution >= 4 is 53.9 Å². The molecule has 4 nitrogen and oxygen atoms in total. The molecule has 0 bridgehead atoms. The van der Waals surface area contributed by atoms with Gasteiger partial charge in [-0.05, 0) is 208 Å². The van der Waals surface area contributed by atoms with Gasteiger partial charge in [-0.15, -0.1) is 0 Å². The lowest BCUT2D eigenvalue weighted by molar-refractivity contribution is 1.30. The number of benzene rings is 10. The van der Waals surface area contributed by atoms with E-state index < -0.39 is 0 Å². The van der Waals surface area contributed by atoms with E-state index in [0.29, 0.717) is 33.4 Å². The quantitative estimate of drug-likeness (QED) is 0.163. The standard InChI is InChI=1S/C58H32N4/c1-29-17-39(55(27-61)31(3)53(29)25-59)45-23-51-50-22-44-38-16-8-12-34-10-6-14-36(58(34)38)42(44)20-48(50)46(40-18-30(2)54(26-60)32(4)56(40)28-62)24-52(51)49-21-43-37-15-7-11-33-9-5-13-35(57(33)37)41(43)19-47(45)49/h5-24H,1-4H3. The molecular formula is C58H32N4. The molecule has 0 spiro atoms. The fourth-order valence-corrected chi connectivity index (χ4v) is 11.1. The van der Waals surface area contributed by atoms with E-state index in [-0.39, 0.29) is 0 Å². The molecule has 0 saturated heterocycles. The molecule has 0 fully saturated rings. The summed E-state index contributed by atoms with van der Waals surface area (Å²) >= 11 is 0. The molecule has 0 N–H and O–H groups in total. The van der Waals surface area contributed by atoms with Crippen molar-refractivity contribution < 1.29 is 0 Å². The Morgan fingerprint density at radius 2 is 0.581 bits per heavy atom. The molecule has 0 amide bonds. The highest BCUT2D eigenvalue weighted by Gasteiger charge is 2.28. The van der Waals surface area contributed by atoms with E-state index in [1.807, 2.05) is 39.8 Å². The Morgan fingerprint density at radius 1 is 0.290 bits per heavy atom. The van der Waals surface area contributed by atoms with Crippen LogP contribution in [0, 0.1) is 73.0 Å². The van der Waals surface area contributed by atoms with E-state index >= 15 is 0 Å². The van der Waals surface area contributed by atoms with Crippen LogP contribution in [0.2, 0.25) is 0 Å². The third-order valence-corrected chi connectivity index (χ3v) is 13.9. The predicted molar refractivity (Wildman–Crippen MR) is 252 cm³/mol. The van der Waals surface area contributed by atoms with Crippen LogP contribution >= 0.6 is 0 Å². The average molecular weight is 785 g/mol. The van der Waals surface area contributed by atoms with Gasteiger partial charge in [0.05, 0.1) is 34.4 Å². The maximum atomic E-state index is 10.9. The molecular weight excluding hydrogens is 753 g/mol. The maximum absolute atomic E-state index is 10.9. The highest BCUT2D eigenvalue weighted by molar-refractivity contribution is 6.29. The van der Waals surface area contributed by atoms with Crippen molar-refractivity contribution in [2.24, 2.45) is 0 Å². The Hall–Kier alpha value is -8.54. The van der Waals surface area contributed by atoms with Crippen LogP contribution in [0.25, 0.3) is 121 Å². The molecule has 0 radical (unpaired) electrons. The fourth-order valence-electron chi connectivity index (χ4n) is 11.1. The number of aryl methyl sites for hydroxylation is 2. The van der Waals surface area contributed by atoms with E-state index in [4.69, 9.17) is 0 Å². The summed E-state index contributed by atoms with van der Waals surface area (Å²) in [6.07, 6.45) is 0. The first-order chi connectivity index (χ1) is 30.2. The number of fused-ring (bicyclic) bond motifs is 11. The Balaban J connectivity index is 1.32. The first kappa shape index (κ1) is 35.4. The largest absolute Gasteiger partial charge is 0.192 e. The summed E-state index contributed by atoms with van der Waals surface area (Å²) in [5, 5.41) is 53.0. The number of rotatable bonds is 2. The number of nitriles is 4. The molecule has 0 heterocycles. The van der Waals surface area contributed by atoms with Crippen LogP contribution < -0.4 is 0 Å². The van der Waals surface area contributed by atoms with Crippen molar-refractivity contribution in [1.29, 1.82) is 21.0 Å². The van der Waals surface area contributed by atoms with Crippen LogP contribution in [0.1, 0.15) is 44.5 Å². The molecule has 2 aliphatic carbocycles. The van der Waals surface area contributed by atoms with Gasteiger partial charge >= 0.3 is 0 Å². The normalized spacial score (nSPS) is 11.8. The van der Waals surface area contributed by atoms with Gasteiger partial charge in [-0.1, -0.05) is 72.8 Å². The molecule has 62 heavy (non-hydrogen) atoms. The van der Waals surface area contributed by atoms with Gasteiger partial charge in [0.2, 0.25) is 0 Å². The Labute approximate surface area is 358 Å². The Bertz CT molecular complexity index is 3730. The maximum Gasteiger partial charge on any atom is 0.100 e. The van der Waals surface area contributed by atoms with Gasteiger partial charge in [-0.2, -0.15) is 21.0 Å².